The van der Waals surface area contributed by atoms with Crippen LogP contribution >= 0.6 is 0 Å². The molecule has 0 saturated carbocycles. The molecule has 0 fully saturated rings. The molecule has 0 amide bonds. The molecule has 30 heavy (non-hydrogen) atoms. The Morgan fingerprint density at radius 2 is 1.93 bits per heavy atom. The number of nitrogens with zero attached hydrogens (tertiary/aromatic N) is 4. The molecule has 144 valence electrons. The maximum atomic E-state index is 5.24. The van der Waals surface area contributed by atoms with E-state index in [0.717, 1.165) is 44.4 Å². The fourth-order valence-electron chi connectivity index (χ4n) is 3.81. The van der Waals surface area contributed by atoms with E-state index in [4.69, 9.17) is 9.40 Å². The molecule has 0 bridgehead atoms. The number of benzene rings is 1. The molecule has 2 N–H and O–H groups in total. The van der Waals surface area contributed by atoms with Crippen LogP contribution in [-0.2, 0) is 0 Å². The minimum Gasteiger partial charge on any atom is -0.472 e. The Balaban J connectivity index is 1.53. The summed E-state index contributed by atoms with van der Waals surface area (Å²) in [6.07, 6.45) is 8.81. The lowest BCUT2D eigenvalue weighted by Crippen LogP contribution is -1.85. The van der Waals surface area contributed by atoms with Gasteiger partial charge in [-0.2, -0.15) is 5.10 Å². The van der Waals surface area contributed by atoms with Crippen molar-refractivity contribution in [2.75, 3.05) is 0 Å². The highest BCUT2D eigenvalue weighted by molar-refractivity contribution is 5.97. The van der Waals surface area contributed by atoms with Gasteiger partial charge in [-0.3, -0.25) is 10.1 Å². The molecule has 5 heterocycles. The Labute approximate surface area is 170 Å². The Morgan fingerprint density at radius 1 is 0.967 bits per heavy atom. The molecule has 1 aromatic carbocycles. The molecule has 7 heteroatoms. The van der Waals surface area contributed by atoms with Crippen molar-refractivity contribution in [1.82, 2.24) is 30.1 Å². The maximum Gasteiger partial charge on any atom is 0.178 e. The fourth-order valence-corrected chi connectivity index (χ4v) is 3.81. The molecule has 0 atom stereocenters. The standard InChI is InChI=1S/C23H16N6O/c1-13-4-7-24-11-18(13)14-2-3-19-17(10-14)21(29-28-19)23-26-20-16(15-6-9-30-12-15)5-8-25-22(20)27-23/h2-12H,1H3,(H,28,29)(H,25,26,27). The summed E-state index contributed by atoms with van der Waals surface area (Å²) in [5.41, 5.74) is 8.50. The number of imidazole rings is 1. The quantitative estimate of drug-likeness (QED) is 0.435. The molecule has 0 radical (unpaired) electrons. The second-order valence-electron chi connectivity index (χ2n) is 7.18. The topological polar surface area (TPSA) is 96.3 Å². The first kappa shape index (κ1) is 16.7. The third-order valence-corrected chi connectivity index (χ3v) is 5.36. The fraction of sp³-hybridized carbons (Fsp3) is 0.0435. The van der Waals surface area contributed by atoms with Gasteiger partial charge < -0.3 is 9.40 Å². The van der Waals surface area contributed by atoms with Crippen LogP contribution in [0.4, 0.5) is 0 Å². The molecule has 0 aliphatic rings. The number of rotatable bonds is 3. The highest BCUT2D eigenvalue weighted by atomic mass is 16.3. The summed E-state index contributed by atoms with van der Waals surface area (Å²) < 4.78 is 5.24. The van der Waals surface area contributed by atoms with E-state index in [1.54, 1.807) is 24.9 Å². The van der Waals surface area contributed by atoms with Crippen molar-refractivity contribution in [2.24, 2.45) is 0 Å². The van der Waals surface area contributed by atoms with Crippen molar-refractivity contribution >= 4 is 22.1 Å². The van der Waals surface area contributed by atoms with E-state index in [-0.39, 0.29) is 0 Å². The van der Waals surface area contributed by atoms with Crippen molar-refractivity contribution in [1.29, 1.82) is 0 Å². The van der Waals surface area contributed by atoms with Crippen LogP contribution < -0.4 is 0 Å². The zero-order valence-electron chi connectivity index (χ0n) is 16.0. The van der Waals surface area contributed by atoms with E-state index in [0.29, 0.717) is 11.5 Å². The Kier molecular flexibility index (Phi) is 3.55. The minimum atomic E-state index is 0.638. The number of fused-ring (bicyclic) bond motifs is 2. The Morgan fingerprint density at radius 3 is 2.80 bits per heavy atom. The van der Waals surface area contributed by atoms with Crippen LogP contribution in [0.5, 0.6) is 0 Å². The smallest absolute Gasteiger partial charge is 0.178 e. The van der Waals surface area contributed by atoms with Gasteiger partial charge >= 0.3 is 0 Å². The SMILES string of the molecule is Cc1ccncc1-c1ccc2[nH]nc(-c3nc4nccc(-c5ccoc5)c4[nH]3)c2c1. The number of furan rings is 1. The van der Waals surface area contributed by atoms with Crippen LogP contribution in [0, 0.1) is 6.92 Å². The maximum absolute atomic E-state index is 5.24. The van der Waals surface area contributed by atoms with E-state index >= 15 is 0 Å². The van der Waals surface area contributed by atoms with Crippen LogP contribution in [0.2, 0.25) is 0 Å². The summed E-state index contributed by atoms with van der Waals surface area (Å²) in [5, 5.41) is 8.62. The Hall–Kier alpha value is -4.26. The minimum absolute atomic E-state index is 0.638. The van der Waals surface area contributed by atoms with Crippen molar-refractivity contribution in [3.8, 4) is 33.8 Å². The number of H-pyrrole nitrogens is 2. The van der Waals surface area contributed by atoms with Crippen LogP contribution in [-0.4, -0.2) is 30.1 Å². The predicted octanol–water partition coefficient (Wildman–Crippen LogP) is 5.13. The first-order chi connectivity index (χ1) is 14.8. The van der Waals surface area contributed by atoms with Crippen LogP contribution in [0.25, 0.3) is 55.8 Å². The summed E-state index contributed by atoms with van der Waals surface area (Å²) in [6, 6.07) is 12.1. The molecule has 0 aliphatic carbocycles. The van der Waals surface area contributed by atoms with Crippen molar-refractivity contribution in [3.05, 3.63) is 73.1 Å². The van der Waals surface area contributed by atoms with Gasteiger partial charge in [-0.1, -0.05) is 6.07 Å². The molecule has 6 rings (SSSR count). The summed E-state index contributed by atoms with van der Waals surface area (Å²) in [4.78, 5) is 16.8. The summed E-state index contributed by atoms with van der Waals surface area (Å²) in [6.45, 7) is 2.08. The van der Waals surface area contributed by atoms with Gasteiger partial charge in [0.2, 0.25) is 0 Å². The number of hydrogen-bond donors (Lipinski definition) is 2. The number of nitrogens with one attached hydrogen (secondary N) is 2. The largest absolute Gasteiger partial charge is 0.472 e. The lowest BCUT2D eigenvalue weighted by atomic mass is 10.0. The van der Waals surface area contributed by atoms with E-state index in [2.05, 4.69) is 44.2 Å². The van der Waals surface area contributed by atoms with Crippen molar-refractivity contribution in [3.63, 3.8) is 0 Å². The van der Waals surface area contributed by atoms with Gasteiger partial charge in [0.15, 0.2) is 11.5 Å². The first-order valence-corrected chi connectivity index (χ1v) is 9.55. The van der Waals surface area contributed by atoms with Crippen LogP contribution in [0.1, 0.15) is 5.56 Å². The number of hydrogen-bond acceptors (Lipinski definition) is 5. The zero-order valence-corrected chi connectivity index (χ0v) is 16.0. The second kappa shape index (κ2) is 6.38. The molecule has 0 spiro atoms. The average Bonchev–Trinajstić information content (AvgIpc) is 3.51. The van der Waals surface area contributed by atoms with Crippen LogP contribution in [0.15, 0.2) is 71.9 Å². The highest BCUT2D eigenvalue weighted by Crippen LogP contribution is 2.33. The summed E-state index contributed by atoms with van der Waals surface area (Å²) in [5.74, 6) is 0.666. The zero-order chi connectivity index (χ0) is 20.1. The molecule has 0 aliphatic heterocycles. The number of aryl methyl sites for hydroxylation is 1. The van der Waals surface area contributed by atoms with Gasteiger partial charge in [0.1, 0.15) is 5.69 Å². The van der Waals surface area contributed by atoms with Gasteiger partial charge in [-0.05, 0) is 48.4 Å². The van der Waals surface area contributed by atoms with Crippen molar-refractivity contribution in [2.45, 2.75) is 6.92 Å². The molecule has 0 saturated heterocycles. The summed E-state index contributed by atoms with van der Waals surface area (Å²) in [7, 11) is 0. The van der Waals surface area contributed by atoms with Gasteiger partial charge in [-0.25, -0.2) is 9.97 Å². The highest BCUT2D eigenvalue weighted by Gasteiger charge is 2.16. The van der Waals surface area contributed by atoms with Crippen LogP contribution in [0.3, 0.4) is 0 Å². The number of aromatic amines is 2. The third-order valence-electron chi connectivity index (χ3n) is 5.36. The van der Waals surface area contributed by atoms with E-state index < -0.39 is 0 Å². The summed E-state index contributed by atoms with van der Waals surface area (Å²) >= 11 is 0. The molecule has 7 nitrogen and oxygen atoms in total. The number of pyridine rings is 2. The third kappa shape index (κ3) is 2.52. The average molecular weight is 392 g/mol. The Bertz CT molecular complexity index is 1510. The molecule has 0 unspecified atom stereocenters. The first-order valence-electron chi connectivity index (χ1n) is 9.55. The van der Waals surface area contributed by atoms with Crippen molar-refractivity contribution < 1.29 is 4.42 Å². The monoisotopic (exact) mass is 392 g/mol. The second-order valence-corrected chi connectivity index (χ2v) is 7.18. The lowest BCUT2D eigenvalue weighted by molar-refractivity contribution is 0.568. The van der Waals surface area contributed by atoms with E-state index in [9.17, 15) is 0 Å². The number of aromatic nitrogens is 6. The van der Waals surface area contributed by atoms with Gasteiger partial charge in [0.25, 0.3) is 0 Å². The van der Waals surface area contributed by atoms with Gasteiger partial charge in [0, 0.05) is 40.7 Å². The normalized spacial score (nSPS) is 11.5. The van der Waals surface area contributed by atoms with E-state index in [1.165, 1.54) is 5.56 Å². The molecular formula is C23H16N6O. The van der Waals surface area contributed by atoms with Gasteiger partial charge in [-0.15, -0.1) is 0 Å². The predicted molar refractivity (Wildman–Crippen MR) is 115 cm³/mol. The molecule has 6 aromatic rings. The van der Waals surface area contributed by atoms with E-state index in [1.807, 2.05) is 30.5 Å². The lowest BCUT2D eigenvalue weighted by Gasteiger charge is -2.05. The molecular weight excluding hydrogens is 376 g/mol. The van der Waals surface area contributed by atoms with Gasteiger partial charge in [0.05, 0.1) is 23.6 Å². The molecule has 5 aromatic heterocycles.